The number of imidazole rings is 1. The molecule has 5 rings (SSSR count). The molecule has 0 atom stereocenters. The van der Waals surface area contributed by atoms with Gasteiger partial charge in [0, 0.05) is 15.9 Å². The van der Waals surface area contributed by atoms with Crippen molar-refractivity contribution in [3.05, 3.63) is 64.4 Å². The Morgan fingerprint density at radius 3 is 2.64 bits per heavy atom. The molecule has 1 aliphatic carbocycles. The van der Waals surface area contributed by atoms with Gasteiger partial charge in [-0.05, 0) is 43.0 Å². The zero-order chi connectivity index (χ0) is 19.1. The van der Waals surface area contributed by atoms with E-state index in [4.69, 9.17) is 15.5 Å². The first-order valence-electron chi connectivity index (χ1n) is 9.58. The first kappa shape index (κ1) is 17.6. The highest BCUT2D eigenvalue weighted by molar-refractivity contribution is 9.10. The normalized spacial score (nSPS) is 14.6. The van der Waals surface area contributed by atoms with E-state index < -0.39 is 0 Å². The van der Waals surface area contributed by atoms with E-state index in [1.165, 1.54) is 6.42 Å². The fourth-order valence-electron chi connectivity index (χ4n) is 3.87. The lowest BCUT2D eigenvalue weighted by Crippen LogP contribution is -2.19. The van der Waals surface area contributed by atoms with Crippen LogP contribution in [0.4, 0.5) is 5.82 Å². The molecule has 1 fully saturated rings. The fourth-order valence-corrected chi connectivity index (χ4v) is 4.22. The molecular formula is C22H21BrN4O. The maximum absolute atomic E-state index is 6.29. The van der Waals surface area contributed by atoms with Crippen molar-refractivity contribution in [2.24, 2.45) is 0 Å². The average Bonchev–Trinajstić information content (AvgIpc) is 3.01. The molecule has 0 bridgehead atoms. The highest BCUT2D eigenvalue weighted by atomic mass is 79.9. The number of hydrogen-bond acceptors (Lipinski definition) is 4. The summed E-state index contributed by atoms with van der Waals surface area (Å²) in [5.74, 6) is 1.41. The van der Waals surface area contributed by atoms with Crippen LogP contribution < -0.4 is 5.73 Å². The van der Waals surface area contributed by atoms with Crippen molar-refractivity contribution >= 4 is 43.7 Å². The van der Waals surface area contributed by atoms with Crippen molar-refractivity contribution in [3.63, 3.8) is 0 Å². The SMILES string of the molecule is Nc1nc2cc(Br)ccc2c2c1nc(COCc1ccccc1)n2C1CCC1. The van der Waals surface area contributed by atoms with Crippen molar-refractivity contribution < 1.29 is 4.74 Å². The second kappa shape index (κ2) is 7.18. The molecule has 0 amide bonds. The van der Waals surface area contributed by atoms with E-state index in [0.29, 0.717) is 25.1 Å². The Kier molecular flexibility index (Phi) is 4.53. The van der Waals surface area contributed by atoms with Gasteiger partial charge in [0.15, 0.2) is 5.82 Å². The Hall–Kier alpha value is -2.44. The molecule has 1 saturated carbocycles. The van der Waals surface area contributed by atoms with Gasteiger partial charge in [0.1, 0.15) is 17.9 Å². The summed E-state index contributed by atoms with van der Waals surface area (Å²) in [6.07, 6.45) is 3.58. The van der Waals surface area contributed by atoms with Crippen LogP contribution in [0.1, 0.15) is 36.7 Å². The van der Waals surface area contributed by atoms with Crippen LogP contribution in [0.15, 0.2) is 53.0 Å². The molecule has 0 radical (unpaired) electrons. The number of fused-ring (bicyclic) bond motifs is 3. The Bertz CT molecular complexity index is 1150. The van der Waals surface area contributed by atoms with Crippen LogP contribution in [0.3, 0.4) is 0 Å². The van der Waals surface area contributed by atoms with Crippen LogP contribution in [0, 0.1) is 0 Å². The largest absolute Gasteiger partial charge is 0.382 e. The van der Waals surface area contributed by atoms with Gasteiger partial charge in [-0.2, -0.15) is 0 Å². The van der Waals surface area contributed by atoms with Crippen molar-refractivity contribution in [1.82, 2.24) is 14.5 Å². The second-order valence-corrected chi connectivity index (χ2v) is 8.23. The lowest BCUT2D eigenvalue weighted by Gasteiger charge is -2.29. The van der Waals surface area contributed by atoms with E-state index in [0.717, 1.165) is 50.6 Å². The predicted octanol–water partition coefficient (Wildman–Crippen LogP) is 5.37. The minimum Gasteiger partial charge on any atom is -0.382 e. The van der Waals surface area contributed by atoms with Crippen LogP contribution in [0.2, 0.25) is 0 Å². The van der Waals surface area contributed by atoms with Crippen molar-refractivity contribution in [2.45, 2.75) is 38.5 Å². The van der Waals surface area contributed by atoms with E-state index in [1.54, 1.807) is 0 Å². The molecule has 0 spiro atoms. The second-order valence-electron chi connectivity index (χ2n) is 7.32. The number of nitrogens with zero attached hydrogens (tertiary/aromatic N) is 3. The van der Waals surface area contributed by atoms with E-state index in [-0.39, 0.29) is 0 Å². The van der Waals surface area contributed by atoms with Gasteiger partial charge >= 0.3 is 0 Å². The van der Waals surface area contributed by atoms with Crippen LogP contribution in [-0.4, -0.2) is 14.5 Å². The summed E-state index contributed by atoms with van der Waals surface area (Å²) in [6.45, 7) is 1.02. The van der Waals surface area contributed by atoms with Crippen LogP contribution in [0.25, 0.3) is 21.9 Å². The minimum absolute atomic E-state index is 0.453. The molecule has 2 aromatic heterocycles. The summed E-state index contributed by atoms with van der Waals surface area (Å²) in [5.41, 5.74) is 10.2. The third-order valence-corrected chi connectivity index (χ3v) is 5.96. The molecule has 28 heavy (non-hydrogen) atoms. The van der Waals surface area contributed by atoms with Crippen LogP contribution in [0.5, 0.6) is 0 Å². The topological polar surface area (TPSA) is 66.0 Å². The van der Waals surface area contributed by atoms with E-state index >= 15 is 0 Å². The third kappa shape index (κ3) is 3.06. The number of anilines is 1. The van der Waals surface area contributed by atoms with E-state index in [2.05, 4.69) is 43.7 Å². The zero-order valence-corrected chi connectivity index (χ0v) is 17.0. The van der Waals surface area contributed by atoms with Gasteiger partial charge in [-0.3, -0.25) is 0 Å². The minimum atomic E-state index is 0.453. The van der Waals surface area contributed by atoms with Gasteiger partial charge in [-0.1, -0.05) is 46.3 Å². The number of nitrogens with two attached hydrogens (primary N) is 1. The number of nitrogen functional groups attached to an aromatic ring is 1. The number of halogens is 1. The molecule has 1 aliphatic rings. The van der Waals surface area contributed by atoms with Gasteiger partial charge in [-0.25, -0.2) is 9.97 Å². The quantitative estimate of drug-likeness (QED) is 0.456. The lowest BCUT2D eigenvalue weighted by atomic mass is 9.92. The Balaban J connectivity index is 1.58. The predicted molar refractivity (Wildman–Crippen MR) is 115 cm³/mol. The smallest absolute Gasteiger partial charge is 0.152 e. The number of pyridine rings is 1. The van der Waals surface area contributed by atoms with E-state index in [9.17, 15) is 0 Å². The molecule has 2 heterocycles. The highest BCUT2D eigenvalue weighted by Gasteiger charge is 2.27. The molecule has 2 N–H and O–H groups in total. The summed E-state index contributed by atoms with van der Waals surface area (Å²) in [6, 6.07) is 16.8. The number of benzene rings is 2. The maximum atomic E-state index is 6.29. The lowest BCUT2D eigenvalue weighted by molar-refractivity contribution is 0.0967. The Labute approximate surface area is 171 Å². The van der Waals surface area contributed by atoms with Gasteiger partial charge in [0.2, 0.25) is 0 Å². The standard InChI is InChI=1S/C22H21BrN4O/c23-15-9-10-17-18(11-15)25-22(24)20-21(17)27(16-7-4-8-16)19(26-20)13-28-12-14-5-2-1-3-6-14/h1-3,5-6,9-11,16H,4,7-8,12-13H2,(H2,24,25). The molecule has 0 aliphatic heterocycles. The molecule has 2 aromatic carbocycles. The van der Waals surface area contributed by atoms with Crippen molar-refractivity contribution in [2.75, 3.05) is 5.73 Å². The molecule has 0 unspecified atom stereocenters. The first-order chi connectivity index (χ1) is 13.7. The number of ether oxygens (including phenoxy) is 1. The van der Waals surface area contributed by atoms with Crippen LogP contribution >= 0.6 is 15.9 Å². The van der Waals surface area contributed by atoms with Gasteiger partial charge in [0.25, 0.3) is 0 Å². The molecule has 142 valence electrons. The summed E-state index contributed by atoms with van der Waals surface area (Å²) >= 11 is 3.53. The number of aromatic nitrogens is 3. The maximum Gasteiger partial charge on any atom is 0.152 e. The van der Waals surface area contributed by atoms with E-state index in [1.807, 2.05) is 30.3 Å². The van der Waals surface area contributed by atoms with Crippen molar-refractivity contribution in [3.8, 4) is 0 Å². The molecular weight excluding hydrogens is 416 g/mol. The third-order valence-electron chi connectivity index (χ3n) is 5.47. The highest BCUT2D eigenvalue weighted by Crippen LogP contribution is 2.39. The monoisotopic (exact) mass is 436 g/mol. The summed E-state index contributed by atoms with van der Waals surface area (Å²) in [7, 11) is 0. The molecule has 5 nitrogen and oxygen atoms in total. The zero-order valence-electron chi connectivity index (χ0n) is 15.4. The molecule has 4 aromatic rings. The molecule has 0 saturated heterocycles. The fraction of sp³-hybridized carbons (Fsp3) is 0.273. The molecule has 6 heteroatoms. The summed E-state index contributed by atoms with van der Waals surface area (Å²) in [4.78, 5) is 9.44. The Morgan fingerprint density at radius 2 is 1.89 bits per heavy atom. The van der Waals surface area contributed by atoms with Crippen LogP contribution in [-0.2, 0) is 18.0 Å². The van der Waals surface area contributed by atoms with Crippen molar-refractivity contribution in [1.29, 1.82) is 0 Å². The van der Waals surface area contributed by atoms with Gasteiger partial charge < -0.3 is 15.0 Å². The Morgan fingerprint density at radius 1 is 1.07 bits per heavy atom. The van der Waals surface area contributed by atoms with Gasteiger partial charge in [-0.15, -0.1) is 0 Å². The summed E-state index contributed by atoms with van der Waals surface area (Å²) < 4.78 is 9.35. The first-order valence-corrected chi connectivity index (χ1v) is 10.4. The van der Waals surface area contributed by atoms with Gasteiger partial charge in [0.05, 0.1) is 17.6 Å². The number of rotatable bonds is 5. The number of hydrogen-bond donors (Lipinski definition) is 1. The average molecular weight is 437 g/mol. The summed E-state index contributed by atoms with van der Waals surface area (Å²) in [5, 5.41) is 1.08.